The second-order valence-electron chi connectivity index (χ2n) is 7.14. The van der Waals surface area contributed by atoms with Gasteiger partial charge in [-0.05, 0) is 31.7 Å². The summed E-state index contributed by atoms with van der Waals surface area (Å²) in [6.45, 7) is 5.07. The molecule has 3 aliphatic heterocycles. The summed E-state index contributed by atoms with van der Waals surface area (Å²) in [6, 6.07) is 1.85. The largest absolute Gasteiger partial charge is 0.381 e. The van der Waals surface area contributed by atoms with E-state index in [4.69, 9.17) is 4.74 Å². The number of hydrogen-bond donors (Lipinski definition) is 0. The molecule has 0 bridgehead atoms. The fourth-order valence-corrected chi connectivity index (χ4v) is 4.28. The molecule has 2 unspecified atom stereocenters. The standard InChI is InChI=1S/C17H24N4O2/c22-15(14-3-10-23-11-14)20-9-5-17(12-20)4-1-8-21(13-17)16-18-6-2-7-19-16/h2,6-7,14H,1,3-5,8-13H2. The first kappa shape index (κ1) is 14.9. The number of amides is 1. The monoisotopic (exact) mass is 316 g/mol. The molecule has 6 nitrogen and oxygen atoms in total. The maximum atomic E-state index is 12.6. The Kier molecular flexibility index (Phi) is 3.93. The molecule has 0 radical (unpaired) electrons. The van der Waals surface area contributed by atoms with Crippen LogP contribution in [0.1, 0.15) is 25.7 Å². The van der Waals surface area contributed by atoms with Crippen molar-refractivity contribution in [3.05, 3.63) is 18.5 Å². The van der Waals surface area contributed by atoms with E-state index in [0.29, 0.717) is 12.5 Å². The molecule has 4 rings (SSSR count). The van der Waals surface area contributed by atoms with Crippen LogP contribution in [0.5, 0.6) is 0 Å². The first-order chi connectivity index (χ1) is 11.3. The normalized spacial score (nSPS) is 31.0. The average Bonchev–Trinajstić information content (AvgIpc) is 3.26. The summed E-state index contributed by atoms with van der Waals surface area (Å²) in [4.78, 5) is 25.8. The second-order valence-corrected chi connectivity index (χ2v) is 7.14. The van der Waals surface area contributed by atoms with E-state index >= 15 is 0 Å². The summed E-state index contributed by atoms with van der Waals surface area (Å²) in [5.41, 5.74) is 0.215. The molecule has 0 saturated carbocycles. The van der Waals surface area contributed by atoms with Gasteiger partial charge < -0.3 is 14.5 Å². The van der Waals surface area contributed by atoms with Crippen molar-refractivity contribution in [2.75, 3.05) is 44.3 Å². The molecule has 6 heteroatoms. The summed E-state index contributed by atoms with van der Waals surface area (Å²) in [5.74, 6) is 1.20. The summed E-state index contributed by atoms with van der Waals surface area (Å²) >= 11 is 0. The van der Waals surface area contributed by atoms with Gasteiger partial charge in [0.1, 0.15) is 0 Å². The van der Waals surface area contributed by atoms with Crippen molar-refractivity contribution in [2.45, 2.75) is 25.7 Å². The zero-order valence-corrected chi connectivity index (χ0v) is 13.5. The number of aromatic nitrogens is 2. The SMILES string of the molecule is O=C(C1CCOC1)N1CCC2(CCCN(c3ncccn3)C2)C1. The molecule has 0 aliphatic carbocycles. The quantitative estimate of drug-likeness (QED) is 0.824. The van der Waals surface area contributed by atoms with Gasteiger partial charge in [0.2, 0.25) is 11.9 Å². The van der Waals surface area contributed by atoms with E-state index in [0.717, 1.165) is 58.0 Å². The van der Waals surface area contributed by atoms with Crippen LogP contribution in [0.3, 0.4) is 0 Å². The number of carbonyl (C=O) groups is 1. The lowest BCUT2D eigenvalue weighted by molar-refractivity contribution is -0.134. The number of carbonyl (C=O) groups excluding carboxylic acids is 1. The van der Waals surface area contributed by atoms with Gasteiger partial charge in [-0.3, -0.25) is 4.79 Å². The molecule has 1 amide bonds. The molecule has 4 heterocycles. The van der Waals surface area contributed by atoms with Gasteiger partial charge >= 0.3 is 0 Å². The Morgan fingerprint density at radius 1 is 1.22 bits per heavy atom. The highest BCUT2D eigenvalue weighted by atomic mass is 16.5. The molecule has 0 N–H and O–H groups in total. The molecule has 23 heavy (non-hydrogen) atoms. The van der Waals surface area contributed by atoms with Gasteiger partial charge in [0.05, 0.1) is 12.5 Å². The zero-order valence-electron chi connectivity index (χ0n) is 13.5. The molecule has 0 aromatic carbocycles. The third kappa shape index (κ3) is 2.92. The van der Waals surface area contributed by atoms with Gasteiger partial charge in [-0.2, -0.15) is 0 Å². The molecule has 3 aliphatic rings. The summed E-state index contributed by atoms with van der Waals surface area (Å²) in [6.07, 6.45) is 7.92. The number of hydrogen-bond acceptors (Lipinski definition) is 5. The van der Waals surface area contributed by atoms with Crippen LogP contribution < -0.4 is 4.90 Å². The van der Waals surface area contributed by atoms with Gasteiger partial charge in [0, 0.05) is 50.6 Å². The van der Waals surface area contributed by atoms with Crippen molar-refractivity contribution in [3.8, 4) is 0 Å². The number of anilines is 1. The Balaban J connectivity index is 1.43. The second kappa shape index (κ2) is 6.07. The summed E-state index contributed by atoms with van der Waals surface area (Å²) < 4.78 is 5.38. The average molecular weight is 316 g/mol. The lowest BCUT2D eigenvalue weighted by Gasteiger charge is -2.40. The topological polar surface area (TPSA) is 58.6 Å². The molecule has 3 fully saturated rings. The summed E-state index contributed by atoms with van der Waals surface area (Å²) in [5, 5.41) is 0. The first-order valence-electron chi connectivity index (χ1n) is 8.64. The Morgan fingerprint density at radius 2 is 2.09 bits per heavy atom. The van der Waals surface area contributed by atoms with E-state index < -0.39 is 0 Å². The fourth-order valence-electron chi connectivity index (χ4n) is 4.28. The molecule has 1 aromatic rings. The highest BCUT2D eigenvalue weighted by Crippen LogP contribution is 2.40. The van der Waals surface area contributed by atoms with E-state index in [1.165, 1.54) is 6.42 Å². The Hall–Kier alpha value is -1.69. The Morgan fingerprint density at radius 3 is 2.87 bits per heavy atom. The minimum Gasteiger partial charge on any atom is -0.381 e. The van der Waals surface area contributed by atoms with Crippen LogP contribution in [0.15, 0.2) is 18.5 Å². The van der Waals surface area contributed by atoms with Crippen molar-refractivity contribution in [2.24, 2.45) is 11.3 Å². The van der Waals surface area contributed by atoms with Crippen molar-refractivity contribution in [3.63, 3.8) is 0 Å². The van der Waals surface area contributed by atoms with Crippen molar-refractivity contribution >= 4 is 11.9 Å². The van der Waals surface area contributed by atoms with E-state index in [-0.39, 0.29) is 11.3 Å². The van der Waals surface area contributed by atoms with E-state index in [2.05, 4.69) is 19.8 Å². The van der Waals surface area contributed by atoms with Gasteiger partial charge in [0.15, 0.2) is 0 Å². The Labute approximate surface area is 136 Å². The lowest BCUT2D eigenvalue weighted by Crippen LogP contribution is -2.46. The molecule has 3 saturated heterocycles. The number of rotatable bonds is 2. The molecule has 124 valence electrons. The third-order valence-corrected chi connectivity index (χ3v) is 5.53. The van der Waals surface area contributed by atoms with Crippen LogP contribution in [0.4, 0.5) is 5.95 Å². The number of nitrogens with zero attached hydrogens (tertiary/aromatic N) is 4. The predicted molar refractivity (Wildman–Crippen MR) is 86.0 cm³/mol. The first-order valence-corrected chi connectivity index (χ1v) is 8.64. The van der Waals surface area contributed by atoms with E-state index in [1.54, 1.807) is 12.4 Å². The van der Waals surface area contributed by atoms with Gasteiger partial charge in [-0.25, -0.2) is 9.97 Å². The van der Waals surface area contributed by atoms with Gasteiger partial charge in [0.25, 0.3) is 0 Å². The van der Waals surface area contributed by atoms with Crippen LogP contribution in [0.25, 0.3) is 0 Å². The minimum absolute atomic E-state index is 0.0855. The summed E-state index contributed by atoms with van der Waals surface area (Å²) in [7, 11) is 0. The fraction of sp³-hybridized carbons (Fsp3) is 0.706. The maximum Gasteiger partial charge on any atom is 0.228 e. The third-order valence-electron chi connectivity index (χ3n) is 5.53. The van der Waals surface area contributed by atoms with Crippen LogP contribution >= 0.6 is 0 Å². The predicted octanol–water partition coefficient (Wildman–Crippen LogP) is 1.33. The molecular formula is C17H24N4O2. The van der Waals surface area contributed by atoms with Crippen molar-refractivity contribution in [1.82, 2.24) is 14.9 Å². The van der Waals surface area contributed by atoms with Crippen molar-refractivity contribution < 1.29 is 9.53 Å². The van der Waals surface area contributed by atoms with Crippen LogP contribution in [-0.4, -0.2) is 60.2 Å². The molecule has 1 aromatic heterocycles. The number of likely N-dealkylation sites (tertiary alicyclic amines) is 1. The van der Waals surface area contributed by atoms with Crippen LogP contribution in [0.2, 0.25) is 0 Å². The van der Waals surface area contributed by atoms with E-state index in [1.807, 2.05) is 6.07 Å². The van der Waals surface area contributed by atoms with Gasteiger partial charge in [-0.15, -0.1) is 0 Å². The zero-order chi connectivity index (χ0) is 15.7. The highest BCUT2D eigenvalue weighted by molar-refractivity contribution is 5.79. The molecular weight excluding hydrogens is 292 g/mol. The van der Waals surface area contributed by atoms with Gasteiger partial charge in [-0.1, -0.05) is 0 Å². The maximum absolute atomic E-state index is 12.6. The van der Waals surface area contributed by atoms with E-state index in [9.17, 15) is 4.79 Å². The molecule has 2 atom stereocenters. The van der Waals surface area contributed by atoms with Crippen LogP contribution in [0, 0.1) is 11.3 Å². The Bertz CT molecular complexity index is 561. The number of piperidine rings is 1. The van der Waals surface area contributed by atoms with Crippen LogP contribution in [-0.2, 0) is 9.53 Å². The molecule has 1 spiro atoms. The number of ether oxygens (including phenoxy) is 1. The minimum atomic E-state index is 0.0855. The van der Waals surface area contributed by atoms with Crippen molar-refractivity contribution in [1.29, 1.82) is 0 Å². The lowest BCUT2D eigenvalue weighted by atomic mass is 9.79. The smallest absolute Gasteiger partial charge is 0.228 e. The highest BCUT2D eigenvalue weighted by Gasteiger charge is 2.44.